The Morgan fingerprint density at radius 3 is 1.20 bits per heavy atom. The Morgan fingerprint density at radius 2 is 0.920 bits per heavy atom. The summed E-state index contributed by atoms with van der Waals surface area (Å²) in [6.45, 7) is 0. The molecule has 8 heteroatoms. The Hall–Kier alpha value is -1.26. The number of rotatable bonds is 10. The lowest BCUT2D eigenvalue weighted by Gasteiger charge is -2.16. The summed E-state index contributed by atoms with van der Waals surface area (Å²) >= 11 is 0. The second kappa shape index (κ2) is 10.7. The molecule has 4 N–H and O–H groups in total. The molecule has 25 heavy (non-hydrogen) atoms. The standard InChI is InChI=1S/C17H26N4O2P2/c1-18-24(19-2)22-16-9-5-14(6-10-16)13-15-7-11-17(12-8-15)23-25(20-3)21-4/h5-12,18-21H,13H2,1-4H3. The molecule has 136 valence electrons. The average molecular weight is 380 g/mol. The van der Waals surface area contributed by atoms with E-state index >= 15 is 0 Å². The van der Waals surface area contributed by atoms with E-state index in [0.717, 1.165) is 17.9 Å². The van der Waals surface area contributed by atoms with Crippen molar-refractivity contribution in [3.8, 4) is 11.5 Å². The molecule has 0 bridgehead atoms. The van der Waals surface area contributed by atoms with Crippen molar-refractivity contribution in [3.63, 3.8) is 0 Å². The Labute approximate surface area is 152 Å². The third-order valence-corrected chi connectivity index (χ3v) is 5.87. The zero-order valence-corrected chi connectivity index (χ0v) is 16.8. The summed E-state index contributed by atoms with van der Waals surface area (Å²) in [5.74, 6) is 1.71. The predicted octanol–water partition coefficient (Wildman–Crippen LogP) is 3.37. The first-order valence-electron chi connectivity index (χ1n) is 8.02. The summed E-state index contributed by atoms with van der Waals surface area (Å²) in [7, 11) is 5.85. The molecule has 0 spiro atoms. The van der Waals surface area contributed by atoms with Crippen molar-refractivity contribution in [2.75, 3.05) is 28.2 Å². The minimum Gasteiger partial charge on any atom is -0.445 e. The maximum atomic E-state index is 5.81. The van der Waals surface area contributed by atoms with Gasteiger partial charge in [0.2, 0.25) is 16.9 Å². The van der Waals surface area contributed by atoms with Crippen LogP contribution in [-0.2, 0) is 6.42 Å². The van der Waals surface area contributed by atoms with Gasteiger partial charge in [-0.25, -0.2) is 0 Å². The van der Waals surface area contributed by atoms with Crippen LogP contribution in [0.2, 0.25) is 0 Å². The molecule has 0 aliphatic carbocycles. The first-order chi connectivity index (χ1) is 12.2. The summed E-state index contributed by atoms with van der Waals surface area (Å²) in [5.41, 5.74) is 2.49. The van der Waals surface area contributed by atoms with E-state index in [1.807, 2.05) is 52.5 Å². The molecule has 2 aromatic rings. The quantitative estimate of drug-likeness (QED) is 0.474. The Kier molecular flexibility index (Phi) is 8.56. The fourth-order valence-electron chi connectivity index (χ4n) is 2.19. The molecule has 0 heterocycles. The van der Waals surface area contributed by atoms with Crippen LogP contribution in [0, 0.1) is 0 Å². The van der Waals surface area contributed by atoms with Crippen molar-refractivity contribution in [1.29, 1.82) is 0 Å². The maximum Gasteiger partial charge on any atom is 0.241 e. The van der Waals surface area contributed by atoms with E-state index in [-0.39, 0.29) is 0 Å². The molecular formula is C17H26N4O2P2. The molecule has 0 fully saturated rings. The molecule has 0 unspecified atom stereocenters. The first kappa shape index (κ1) is 20.1. The summed E-state index contributed by atoms with van der Waals surface area (Å²) in [6, 6.07) is 16.4. The molecule has 0 saturated carbocycles. The van der Waals surface area contributed by atoms with Crippen LogP contribution in [0.4, 0.5) is 0 Å². The van der Waals surface area contributed by atoms with Gasteiger partial charge in [0.05, 0.1) is 0 Å². The van der Waals surface area contributed by atoms with Crippen molar-refractivity contribution in [2.24, 2.45) is 0 Å². The van der Waals surface area contributed by atoms with Gasteiger partial charge in [-0.1, -0.05) is 24.3 Å². The van der Waals surface area contributed by atoms with Crippen molar-refractivity contribution in [3.05, 3.63) is 59.7 Å². The molecule has 2 aromatic carbocycles. The highest BCUT2D eigenvalue weighted by Crippen LogP contribution is 2.30. The summed E-state index contributed by atoms with van der Waals surface area (Å²) in [6.07, 6.45) is 0.875. The lowest BCUT2D eigenvalue weighted by Crippen LogP contribution is -2.14. The van der Waals surface area contributed by atoms with Crippen LogP contribution < -0.4 is 29.4 Å². The van der Waals surface area contributed by atoms with Crippen LogP contribution >= 0.6 is 16.9 Å². The second-order valence-electron chi connectivity index (χ2n) is 5.13. The summed E-state index contributed by atoms with van der Waals surface area (Å²) < 4.78 is 11.6. The van der Waals surface area contributed by atoms with E-state index < -0.39 is 16.9 Å². The molecule has 0 aromatic heterocycles. The average Bonchev–Trinajstić information content (AvgIpc) is 2.66. The van der Waals surface area contributed by atoms with Crippen molar-refractivity contribution < 1.29 is 9.05 Å². The van der Waals surface area contributed by atoms with Gasteiger partial charge in [0, 0.05) is 0 Å². The molecule has 2 rings (SSSR count). The van der Waals surface area contributed by atoms with E-state index in [4.69, 9.17) is 9.05 Å². The van der Waals surface area contributed by atoms with Crippen LogP contribution in [0.15, 0.2) is 48.5 Å². The van der Waals surface area contributed by atoms with Gasteiger partial charge in [0.15, 0.2) is 0 Å². The lowest BCUT2D eigenvalue weighted by atomic mass is 10.1. The van der Waals surface area contributed by atoms with Crippen molar-refractivity contribution in [1.82, 2.24) is 20.3 Å². The molecule has 0 amide bonds. The van der Waals surface area contributed by atoms with Crippen molar-refractivity contribution in [2.45, 2.75) is 6.42 Å². The van der Waals surface area contributed by atoms with E-state index in [0.29, 0.717) is 0 Å². The van der Waals surface area contributed by atoms with Crippen LogP contribution in [0.1, 0.15) is 11.1 Å². The minimum atomic E-state index is -0.827. The molecule has 6 nitrogen and oxygen atoms in total. The maximum absolute atomic E-state index is 5.81. The molecule has 0 radical (unpaired) electrons. The van der Waals surface area contributed by atoms with Crippen LogP contribution in [0.3, 0.4) is 0 Å². The van der Waals surface area contributed by atoms with Crippen LogP contribution in [0.25, 0.3) is 0 Å². The first-order valence-corrected chi connectivity index (χ1v) is 10.5. The van der Waals surface area contributed by atoms with Gasteiger partial charge in [-0.3, -0.25) is 20.3 Å². The molecular weight excluding hydrogens is 354 g/mol. The number of nitrogens with one attached hydrogen (secondary N) is 4. The Morgan fingerprint density at radius 1 is 0.600 bits per heavy atom. The lowest BCUT2D eigenvalue weighted by molar-refractivity contribution is 0.594. The Balaban J connectivity index is 1.93. The fourth-order valence-corrected chi connectivity index (χ4v) is 3.67. The number of hydrogen-bond donors (Lipinski definition) is 4. The zero-order chi connectivity index (χ0) is 18.1. The SMILES string of the molecule is CNP(NC)Oc1ccc(Cc2ccc(OP(NC)NC)cc2)cc1. The van der Waals surface area contributed by atoms with Crippen LogP contribution in [0.5, 0.6) is 11.5 Å². The van der Waals surface area contributed by atoms with E-state index in [1.165, 1.54) is 11.1 Å². The van der Waals surface area contributed by atoms with Gasteiger partial charge in [-0.15, -0.1) is 0 Å². The number of hydrogen-bond acceptors (Lipinski definition) is 6. The topological polar surface area (TPSA) is 66.6 Å². The van der Waals surface area contributed by atoms with Gasteiger partial charge in [0.1, 0.15) is 11.5 Å². The van der Waals surface area contributed by atoms with E-state index in [1.54, 1.807) is 0 Å². The van der Waals surface area contributed by atoms with Gasteiger partial charge in [0.25, 0.3) is 0 Å². The van der Waals surface area contributed by atoms with Gasteiger partial charge in [-0.05, 0) is 70.0 Å². The minimum absolute atomic E-state index is 0.827. The largest absolute Gasteiger partial charge is 0.445 e. The monoisotopic (exact) mass is 380 g/mol. The predicted molar refractivity (Wildman–Crippen MR) is 107 cm³/mol. The Bertz CT molecular complexity index is 562. The molecule has 0 atom stereocenters. The molecule has 0 aliphatic heterocycles. The summed E-state index contributed by atoms with van der Waals surface area (Å²) in [5, 5.41) is 12.4. The molecule has 0 saturated heterocycles. The highest BCUT2D eigenvalue weighted by Gasteiger charge is 2.07. The summed E-state index contributed by atoms with van der Waals surface area (Å²) in [4.78, 5) is 0. The smallest absolute Gasteiger partial charge is 0.241 e. The third kappa shape index (κ3) is 6.52. The van der Waals surface area contributed by atoms with Gasteiger partial charge >= 0.3 is 0 Å². The highest BCUT2D eigenvalue weighted by molar-refractivity contribution is 7.48. The normalized spacial score (nSPS) is 11.1. The zero-order valence-electron chi connectivity index (χ0n) is 15.0. The van der Waals surface area contributed by atoms with Gasteiger partial charge < -0.3 is 9.05 Å². The molecule has 0 aliphatic rings. The van der Waals surface area contributed by atoms with E-state index in [9.17, 15) is 0 Å². The second-order valence-corrected chi connectivity index (χ2v) is 8.46. The number of benzene rings is 2. The third-order valence-electron chi connectivity index (χ3n) is 3.46. The fraction of sp³-hybridized carbons (Fsp3) is 0.294. The highest BCUT2D eigenvalue weighted by atomic mass is 31.2. The van der Waals surface area contributed by atoms with Crippen molar-refractivity contribution >= 4 is 16.9 Å². The van der Waals surface area contributed by atoms with Crippen LogP contribution in [-0.4, -0.2) is 28.2 Å². The van der Waals surface area contributed by atoms with Gasteiger partial charge in [-0.2, -0.15) is 0 Å². The van der Waals surface area contributed by atoms with E-state index in [2.05, 4.69) is 44.6 Å².